The Morgan fingerprint density at radius 2 is 2.06 bits per heavy atom. The second kappa shape index (κ2) is 3.91. The molecular formula is C13H18N2O. The van der Waals surface area contributed by atoms with Gasteiger partial charge in [-0.1, -0.05) is 23.8 Å². The summed E-state index contributed by atoms with van der Waals surface area (Å²) in [6.45, 7) is 4.13. The summed E-state index contributed by atoms with van der Waals surface area (Å²) in [7, 11) is 1.83. The van der Waals surface area contributed by atoms with Crippen LogP contribution in [0.3, 0.4) is 0 Å². The Morgan fingerprint density at radius 3 is 2.62 bits per heavy atom. The number of rotatable bonds is 1. The average Bonchev–Trinajstić information content (AvgIpc) is 2.46. The van der Waals surface area contributed by atoms with Crippen LogP contribution in [0.2, 0.25) is 0 Å². The largest absolute Gasteiger partial charge is 0.337 e. The normalized spacial score (nSPS) is 25.2. The molecule has 0 aromatic heterocycles. The number of hydrogen-bond donors (Lipinski definition) is 1. The smallest absolute Gasteiger partial charge is 0.224 e. The Morgan fingerprint density at radius 1 is 1.38 bits per heavy atom. The highest BCUT2D eigenvalue weighted by Gasteiger charge is 2.36. The SMILES string of the molecule is Cc1ccc(C)c(C2C(N)CC(=O)N2C)c1. The Bertz CT molecular complexity index is 428. The third kappa shape index (κ3) is 1.71. The number of hydrogen-bond acceptors (Lipinski definition) is 2. The minimum Gasteiger partial charge on any atom is -0.337 e. The highest BCUT2D eigenvalue weighted by Crippen LogP contribution is 2.32. The lowest BCUT2D eigenvalue weighted by Gasteiger charge is -2.25. The molecule has 1 aliphatic rings. The fourth-order valence-electron chi connectivity index (χ4n) is 2.42. The third-order valence-corrected chi connectivity index (χ3v) is 3.38. The molecule has 0 bridgehead atoms. The molecule has 1 saturated heterocycles. The summed E-state index contributed by atoms with van der Waals surface area (Å²) in [5.74, 6) is 0.137. The molecule has 2 unspecified atom stereocenters. The number of nitrogens with two attached hydrogens (primary N) is 1. The Kier molecular flexibility index (Phi) is 2.72. The fraction of sp³-hybridized carbons (Fsp3) is 0.462. The zero-order valence-corrected chi connectivity index (χ0v) is 10.0. The van der Waals surface area contributed by atoms with Gasteiger partial charge in [0.15, 0.2) is 0 Å². The van der Waals surface area contributed by atoms with Crippen LogP contribution in [0.25, 0.3) is 0 Å². The van der Waals surface area contributed by atoms with Gasteiger partial charge in [-0.25, -0.2) is 0 Å². The van der Waals surface area contributed by atoms with Crippen LogP contribution in [0.5, 0.6) is 0 Å². The average molecular weight is 218 g/mol. The molecule has 1 amide bonds. The van der Waals surface area contributed by atoms with Gasteiger partial charge < -0.3 is 10.6 Å². The summed E-state index contributed by atoms with van der Waals surface area (Å²) in [6.07, 6.45) is 0.453. The van der Waals surface area contributed by atoms with Crippen molar-refractivity contribution in [3.05, 3.63) is 34.9 Å². The Hall–Kier alpha value is -1.35. The van der Waals surface area contributed by atoms with Crippen LogP contribution in [0.15, 0.2) is 18.2 Å². The molecule has 0 radical (unpaired) electrons. The van der Waals surface area contributed by atoms with Crippen molar-refractivity contribution in [2.45, 2.75) is 32.4 Å². The summed E-state index contributed by atoms with van der Waals surface area (Å²) < 4.78 is 0. The number of aryl methyl sites for hydroxylation is 2. The number of amides is 1. The van der Waals surface area contributed by atoms with Crippen molar-refractivity contribution in [3.63, 3.8) is 0 Å². The topological polar surface area (TPSA) is 46.3 Å². The van der Waals surface area contributed by atoms with E-state index in [0.717, 1.165) is 0 Å². The van der Waals surface area contributed by atoms with Crippen LogP contribution in [-0.4, -0.2) is 23.9 Å². The predicted molar refractivity (Wildman–Crippen MR) is 64.0 cm³/mol. The van der Waals surface area contributed by atoms with E-state index < -0.39 is 0 Å². The van der Waals surface area contributed by atoms with E-state index >= 15 is 0 Å². The van der Waals surface area contributed by atoms with Gasteiger partial charge in [0.25, 0.3) is 0 Å². The lowest BCUT2D eigenvalue weighted by molar-refractivity contribution is -0.127. The monoisotopic (exact) mass is 218 g/mol. The number of likely N-dealkylation sites (tertiary alicyclic amines) is 1. The lowest BCUT2D eigenvalue weighted by Crippen LogP contribution is -2.30. The maximum atomic E-state index is 11.6. The van der Waals surface area contributed by atoms with Crippen molar-refractivity contribution in [3.8, 4) is 0 Å². The van der Waals surface area contributed by atoms with Gasteiger partial charge in [0, 0.05) is 19.5 Å². The highest BCUT2D eigenvalue weighted by molar-refractivity contribution is 5.80. The Balaban J connectivity index is 2.43. The van der Waals surface area contributed by atoms with Crippen molar-refractivity contribution < 1.29 is 4.79 Å². The van der Waals surface area contributed by atoms with Crippen molar-refractivity contribution in [2.24, 2.45) is 5.73 Å². The molecule has 1 aromatic rings. The zero-order valence-electron chi connectivity index (χ0n) is 10.0. The molecule has 0 spiro atoms. The summed E-state index contributed by atoms with van der Waals surface area (Å²) >= 11 is 0. The third-order valence-electron chi connectivity index (χ3n) is 3.38. The molecule has 3 nitrogen and oxygen atoms in total. The molecule has 16 heavy (non-hydrogen) atoms. The fourth-order valence-corrected chi connectivity index (χ4v) is 2.42. The van der Waals surface area contributed by atoms with Gasteiger partial charge in [-0.05, 0) is 25.0 Å². The van der Waals surface area contributed by atoms with Crippen LogP contribution in [-0.2, 0) is 4.79 Å². The van der Waals surface area contributed by atoms with Crippen molar-refractivity contribution >= 4 is 5.91 Å². The second-order valence-corrected chi connectivity index (χ2v) is 4.68. The Labute approximate surface area is 96.2 Å². The van der Waals surface area contributed by atoms with E-state index in [0.29, 0.717) is 6.42 Å². The molecule has 1 aliphatic heterocycles. The molecule has 1 fully saturated rings. The van der Waals surface area contributed by atoms with Crippen LogP contribution in [0, 0.1) is 13.8 Å². The van der Waals surface area contributed by atoms with Gasteiger partial charge in [0.2, 0.25) is 5.91 Å². The molecule has 1 aromatic carbocycles. The number of carbonyl (C=O) groups excluding carboxylic acids is 1. The first-order valence-corrected chi connectivity index (χ1v) is 5.59. The van der Waals surface area contributed by atoms with Gasteiger partial charge in [-0.3, -0.25) is 4.79 Å². The van der Waals surface area contributed by atoms with E-state index in [1.807, 2.05) is 7.05 Å². The summed E-state index contributed by atoms with van der Waals surface area (Å²) in [5, 5.41) is 0. The summed E-state index contributed by atoms with van der Waals surface area (Å²) in [5.41, 5.74) is 9.64. The molecule has 86 valence electrons. The van der Waals surface area contributed by atoms with E-state index in [1.165, 1.54) is 16.7 Å². The van der Waals surface area contributed by atoms with Crippen molar-refractivity contribution in [1.82, 2.24) is 4.90 Å². The highest BCUT2D eigenvalue weighted by atomic mass is 16.2. The molecule has 0 saturated carbocycles. The second-order valence-electron chi connectivity index (χ2n) is 4.68. The van der Waals surface area contributed by atoms with Crippen LogP contribution >= 0.6 is 0 Å². The van der Waals surface area contributed by atoms with Gasteiger partial charge in [0.1, 0.15) is 0 Å². The van der Waals surface area contributed by atoms with Crippen LogP contribution in [0.1, 0.15) is 29.2 Å². The van der Waals surface area contributed by atoms with E-state index in [9.17, 15) is 4.79 Å². The van der Waals surface area contributed by atoms with E-state index in [2.05, 4.69) is 32.0 Å². The molecule has 0 aliphatic carbocycles. The van der Waals surface area contributed by atoms with E-state index in [4.69, 9.17) is 5.73 Å². The minimum atomic E-state index is -0.0852. The van der Waals surface area contributed by atoms with Gasteiger partial charge >= 0.3 is 0 Å². The molecule has 3 heteroatoms. The van der Waals surface area contributed by atoms with E-state index in [-0.39, 0.29) is 18.0 Å². The minimum absolute atomic E-state index is 0.0346. The predicted octanol–water partition coefficient (Wildman–Crippen LogP) is 1.53. The zero-order chi connectivity index (χ0) is 11.9. The first-order valence-electron chi connectivity index (χ1n) is 5.59. The summed E-state index contributed by atoms with van der Waals surface area (Å²) in [4.78, 5) is 13.4. The van der Waals surface area contributed by atoms with Crippen LogP contribution < -0.4 is 5.73 Å². The first-order chi connectivity index (χ1) is 7.50. The number of carbonyl (C=O) groups is 1. The summed E-state index contributed by atoms with van der Waals surface area (Å²) in [6, 6.07) is 6.26. The number of nitrogens with zero attached hydrogens (tertiary/aromatic N) is 1. The number of benzene rings is 1. The maximum absolute atomic E-state index is 11.6. The van der Waals surface area contributed by atoms with Crippen LogP contribution in [0.4, 0.5) is 0 Å². The van der Waals surface area contributed by atoms with E-state index in [1.54, 1.807) is 4.90 Å². The molecule has 2 N–H and O–H groups in total. The molecule has 2 atom stereocenters. The quantitative estimate of drug-likeness (QED) is 0.777. The number of likely N-dealkylation sites (N-methyl/N-ethyl adjacent to an activating group) is 1. The van der Waals surface area contributed by atoms with Crippen molar-refractivity contribution in [2.75, 3.05) is 7.05 Å². The lowest BCUT2D eigenvalue weighted by atomic mass is 9.95. The standard InChI is InChI=1S/C13H18N2O/c1-8-4-5-9(2)10(6-8)13-11(14)7-12(16)15(13)3/h4-6,11,13H,7,14H2,1-3H3. The van der Waals surface area contributed by atoms with Gasteiger partial charge in [-0.15, -0.1) is 0 Å². The molecule has 1 heterocycles. The molecular weight excluding hydrogens is 200 g/mol. The van der Waals surface area contributed by atoms with Crippen molar-refractivity contribution in [1.29, 1.82) is 0 Å². The van der Waals surface area contributed by atoms with Gasteiger partial charge in [0.05, 0.1) is 6.04 Å². The maximum Gasteiger partial charge on any atom is 0.224 e. The first kappa shape index (κ1) is 11.1. The molecule has 2 rings (SSSR count). The van der Waals surface area contributed by atoms with Gasteiger partial charge in [-0.2, -0.15) is 0 Å².